The molecule has 1 saturated heterocycles. The van der Waals surface area contributed by atoms with E-state index in [2.05, 4.69) is 25.5 Å². The average molecular weight is 367 g/mol. The number of fused-ring (bicyclic) bond motifs is 1. The average Bonchev–Trinajstić information content (AvgIpc) is 3.21. The molecule has 1 aliphatic rings. The van der Waals surface area contributed by atoms with E-state index in [9.17, 15) is 4.79 Å². The number of nitrogens with one attached hydrogen (secondary N) is 1. The van der Waals surface area contributed by atoms with Crippen LogP contribution in [0.15, 0.2) is 24.4 Å². The Bertz CT molecular complexity index is 966. The van der Waals surface area contributed by atoms with Crippen molar-refractivity contribution in [1.82, 2.24) is 29.7 Å². The number of carbonyl (C=O) groups excluding carboxylic acids is 1. The summed E-state index contributed by atoms with van der Waals surface area (Å²) in [5.41, 5.74) is 4.03. The topological polar surface area (TPSA) is 80.3 Å². The highest BCUT2D eigenvalue weighted by Crippen LogP contribution is 2.23. The number of amides is 1. The number of pyridine rings is 1. The van der Waals surface area contributed by atoms with Crippen LogP contribution in [0.2, 0.25) is 0 Å². The predicted octanol–water partition coefficient (Wildman–Crippen LogP) is 1.61. The van der Waals surface area contributed by atoms with E-state index in [-0.39, 0.29) is 11.8 Å². The summed E-state index contributed by atoms with van der Waals surface area (Å²) >= 11 is 0. The molecule has 0 aromatic carbocycles. The van der Waals surface area contributed by atoms with Gasteiger partial charge in [-0.3, -0.25) is 13.9 Å². The van der Waals surface area contributed by atoms with Crippen LogP contribution in [0.25, 0.3) is 5.65 Å². The third-order valence-electron chi connectivity index (χ3n) is 5.54. The SMILES string of the molecule is Cc1nn(C)c(C)c1CNC(=O)C1CCN(c2nnc3ccccn23)CC1. The van der Waals surface area contributed by atoms with Crippen molar-refractivity contribution < 1.29 is 4.79 Å². The monoisotopic (exact) mass is 367 g/mol. The molecule has 0 radical (unpaired) electrons. The lowest BCUT2D eigenvalue weighted by molar-refractivity contribution is -0.125. The van der Waals surface area contributed by atoms with Crippen molar-refractivity contribution in [2.75, 3.05) is 18.0 Å². The zero-order chi connectivity index (χ0) is 19.0. The van der Waals surface area contributed by atoms with Crippen molar-refractivity contribution in [1.29, 1.82) is 0 Å². The Morgan fingerprint density at radius 3 is 2.70 bits per heavy atom. The standard InChI is InChI=1S/C19H25N7O/c1-13-16(14(2)24(3)23-13)12-20-18(27)15-7-10-25(11-8-15)19-22-21-17-6-4-5-9-26(17)19/h4-6,9,15H,7-8,10-12H2,1-3H3,(H,20,27). The van der Waals surface area contributed by atoms with Gasteiger partial charge in [-0.1, -0.05) is 6.07 Å². The van der Waals surface area contributed by atoms with Gasteiger partial charge in [0, 0.05) is 50.1 Å². The molecule has 4 rings (SSSR count). The molecule has 0 aliphatic carbocycles. The smallest absolute Gasteiger partial charge is 0.231 e. The van der Waals surface area contributed by atoms with Crippen molar-refractivity contribution in [3.63, 3.8) is 0 Å². The van der Waals surface area contributed by atoms with Crippen LogP contribution < -0.4 is 10.2 Å². The van der Waals surface area contributed by atoms with Crippen molar-refractivity contribution in [3.05, 3.63) is 41.3 Å². The van der Waals surface area contributed by atoms with E-state index in [1.807, 2.05) is 54.4 Å². The minimum absolute atomic E-state index is 0.0396. The number of anilines is 1. The van der Waals surface area contributed by atoms with E-state index in [4.69, 9.17) is 0 Å². The van der Waals surface area contributed by atoms with Crippen molar-refractivity contribution in [3.8, 4) is 0 Å². The van der Waals surface area contributed by atoms with Gasteiger partial charge in [0.15, 0.2) is 5.65 Å². The van der Waals surface area contributed by atoms with Crippen LogP contribution in [0.1, 0.15) is 29.8 Å². The maximum Gasteiger partial charge on any atom is 0.231 e. The molecule has 27 heavy (non-hydrogen) atoms. The van der Waals surface area contributed by atoms with Gasteiger partial charge in [0.05, 0.1) is 5.69 Å². The first-order valence-corrected chi connectivity index (χ1v) is 9.36. The van der Waals surface area contributed by atoms with Gasteiger partial charge in [-0.25, -0.2) is 0 Å². The fourth-order valence-corrected chi connectivity index (χ4v) is 3.78. The van der Waals surface area contributed by atoms with Crippen LogP contribution >= 0.6 is 0 Å². The van der Waals surface area contributed by atoms with Crippen LogP contribution in [0.5, 0.6) is 0 Å². The minimum Gasteiger partial charge on any atom is -0.352 e. The molecule has 0 spiro atoms. The van der Waals surface area contributed by atoms with Gasteiger partial charge >= 0.3 is 0 Å². The van der Waals surface area contributed by atoms with E-state index in [0.29, 0.717) is 6.54 Å². The maximum absolute atomic E-state index is 12.6. The summed E-state index contributed by atoms with van der Waals surface area (Å²) in [6.07, 6.45) is 3.61. The molecule has 8 heteroatoms. The van der Waals surface area contributed by atoms with Gasteiger partial charge in [0.1, 0.15) is 0 Å². The zero-order valence-electron chi connectivity index (χ0n) is 16.0. The molecule has 4 heterocycles. The lowest BCUT2D eigenvalue weighted by Crippen LogP contribution is -2.41. The Kier molecular flexibility index (Phi) is 4.55. The molecular weight excluding hydrogens is 342 g/mol. The van der Waals surface area contributed by atoms with E-state index < -0.39 is 0 Å². The molecule has 1 fully saturated rings. The Morgan fingerprint density at radius 1 is 1.22 bits per heavy atom. The molecule has 0 saturated carbocycles. The number of piperidine rings is 1. The summed E-state index contributed by atoms with van der Waals surface area (Å²) in [5.74, 6) is 1.02. The summed E-state index contributed by atoms with van der Waals surface area (Å²) in [6, 6.07) is 5.87. The summed E-state index contributed by atoms with van der Waals surface area (Å²) < 4.78 is 3.85. The highest BCUT2D eigenvalue weighted by atomic mass is 16.1. The van der Waals surface area contributed by atoms with Crippen molar-refractivity contribution in [2.45, 2.75) is 33.2 Å². The third kappa shape index (κ3) is 3.27. The summed E-state index contributed by atoms with van der Waals surface area (Å²) in [7, 11) is 1.93. The number of aryl methyl sites for hydroxylation is 2. The lowest BCUT2D eigenvalue weighted by Gasteiger charge is -2.31. The first-order valence-electron chi connectivity index (χ1n) is 9.36. The second-order valence-electron chi connectivity index (χ2n) is 7.18. The van der Waals surface area contributed by atoms with Crippen LogP contribution in [-0.4, -0.2) is 43.4 Å². The first-order chi connectivity index (χ1) is 13.0. The lowest BCUT2D eigenvalue weighted by atomic mass is 9.96. The van der Waals surface area contributed by atoms with E-state index >= 15 is 0 Å². The number of hydrogen-bond acceptors (Lipinski definition) is 5. The van der Waals surface area contributed by atoms with Crippen molar-refractivity contribution >= 4 is 17.5 Å². The van der Waals surface area contributed by atoms with Gasteiger partial charge in [0.25, 0.3) is 0 Å². The van der Waals surface area contributed by atoms with Crippen LogP contribution in [0, 0.1) is 19.8 Å². The largest absolute Gasteiger partial charge is 0.352 e. The number of nitrogens with zero attached hydrogens (tertiary/aromatic N) is 6. The first kappa shape index (κ1) is 17.5. The molecule has 3 aromatic rings. The quantitative estimate of drug-likeness (QED) is 0.758. The molecule has 8 nitrogen and oxygen atoms in total. The Balaban J connectivity index is 1.35. The molecule has 0 bridgehead atoms. The molecule has 142 valence electrons. The molecule has 1 amide bonds. The second kappa shape index (κ2) is 7.02. The van der Waals surface area contributed by atoms with E-state index in [0.717, 1.165) is 54.5 Å². The summed E-state index contributed by atoms with van der Waals surface area (Å²) in [4.78, 5) is 14.8. The van der Waals surface area contributed by atoms with Crippen molar-refractivity contribution in [2.24, 2.45) is 13.0 Å². The molecule has 3 aromatic heterocycles. The van der Waals surface area contributed by atoms with Crippen LogP contribution in [-0.2, 0) is 18.4 Å². The van der Waals surface area contributed by atoms with E-state index in [1.54, 1.807) is 0 Å². The number of aromatic nitrogens is 5. The van der Waals surface area contributed by atoms with Gasteiger partial charge < -0.3 is 10.2 Å². The summed E-state index contributed by atoms with van der Waals surface area (Å²) in [6.45, 7) is 6.16. The van der Waals surface area contributed by atoms with Gasteiger partial charge in [-0.15, -0.1) is 10.2 Å². The maximum atomic E-state index is 12.6. The Labute approximate surface area is 158 Å². The van der Waals surface area contributed by atoms with Gasteiger partial charge in [-0.2, -0.15) is 5.10 Å². The predicted molar refractivity (Wildman–Crippen MR) is 102 cm³/mol. The highest BCUT2D eigenvalue weighted by molar-refractivity contribution is 5.79. The molecule has 0 unspecified atom stereocenters. The second-order valence-corrected chi connectivity index (χ2v) is 7.18. The van der Waals surface area contributed by atoms with Crippen LogP contribution in [0.3, 0.4) is 0 Å². The number of carbonyl (C=O) groups is 1. The molecule has 0 atom stereocenters. The Morgan fingerprint density at radius 2 is 2.00 bits per heavy atom. The molecular formula is C19H25N7O. The normalized spacial score (nSPS) is 15.4. The Hall–Kier alpha value is -2.90. The van der Waals surface area contributed by atoms with Gasteiger partial charge in [-0.05, 0) is 38.8 Å². The van der Waals surface area contributed by atoms with Gasteiger partial charge in [0.2, 0.25) is 11.9 Å². The molecule has 1 N–H and O–H groups in total. The fraction of sp³-hybridized carbons (Fsp3) is 0.474. The summed E-state index contributed by atoms with van der Waals surface area (Å²) in [5, 5.41) is 16.0. The van der Waals surface area contributed by atoms with E-state index in [1.165, 1.54) is 0 Å². The highest BCUT2D eigenvalue weighted by Gasteiger charge is 2.27. The molecule has 1 aliphatic heterocycles. The zero-order valence-corrected chi connectivity index (χ0v) is 16.0. The fourth-order valence-electron chi connectivity index (χ4n) is 3.78. The third-order valence-corrected chi connectivity index (χ3v) is 5.54. The number of rotatable bonds is 4. The minimum atomic E-state index is 0.0396. The van der Waals surface area contributed by atoms with Crippen LogP contribution in [0.4, 0.5) is 5.95 Å². The number of hydrogen-bond donors (Lipinski definition) is 1.